The van der Waals surface area contributed by atoms with Crippen LogP contribution in [0.4, 0.5) is 8.78 Å². The van der Waals surface area contributed by atoms with E-state index < -0.39 is 11.6 Å². The minimum atomic E-state index is -0.830. The molecule has 18 heavy (non-hydrogen) atoms. The summed E-state index contributed by atoms with van der Waals surface area (Å²) in [5.74, 6) is -0.962. The fourth-order valence-corrected chi connectivity index (χ4v) is 2.43. The Bertz CT molecular complexity index is 605. The molecule has 1 aliphatic rings. The first-order valence-corrected chi connectivity index (χ1v) is 5.90. The number of hydrogen-bond donors (Lipinski definition) is 1. The molecule has 2 aromatic rings. The molecule has 3 nitrogen and oxygen atoms in total. The van der Waals surface area contributed by atoms with Gasteiger partial charge in [0.25, 0.3) is 0 Å². The molecule has 1 aromatic carbocycles. The Morgan fingerprint density at radius 2 is 2.17 bits per heavy atom. The molecule has 0 saturated carbocycles. The Morgan fingerprint density at radius 1 is 1.33 bits per heavy atom. The number of fused-ring (bicyclic) bond motifs is 1. The molecule has 94 valence electrons. The molecule has 1 aliphatic heterocycles. The average molecular weight is 249 g/mol. The van der Waals surface area contributed by atoms with Crippen LogP contribution in [0.15, 0.2) is 18.2 Å². The van der Waals surface area contributed by atoms with Gasteiger partial charge in [-0.25, -0.2) is 13.8 Å². The molecule has 3 rings (SSSR count). The minimum absolute atomic E-state index is 0.239. The van der Waals surface area contributed by atoms with E-state index in [4.69, 9.17) is 0 Å². The second kappa shape index (κ2) is 4.17. The van der Waals surface area contributed by atoms with Gasteiger partial charge >= 0.3 is 0 Å². The summed E-state index contributed by atoms with van der Waals surface area (Å²) >= 11 is 0. The van der Waals surface area contributed by atoms with Gasteiger partial charge in [0, 0.05) is 25.2 Å². The Labute approximate surface area is 103 Å². The highest BCUT2D eigenvalue weighted by atomic mass is 19.2. The van der Waals surface area contributed by atoms with E-state index in [0.29, 0.717) is 12.4 Å². The normalized spacial score (nSPS) is 14.6. The van der Waals surface area contributed by atoms with Crippen LogP contribution < -0.4 is 5.32 Å². The van der Waals surface area contributed by atoms with Gasteiger partial charge in [-0.1, -0.05) is 6.07 Å². The van der Waals surface area contributed by atoms with Crippen molar-refractivity contribution in [1.29, 1.82) is 0 Å². The van der Waals surface area contributed by atoms with Gasteiger partial charge in [0.1, 0.15) is 5.82 Å². The van der Waals surface area contributed by atoms with Crippen molar-refractivity contribution in [1.82, 2.24) is 14.9 Å². The molecule has 0 atom stereocenters. The number of rotatable bonds is 1. The van der Waals surface area contributed by atoms with E-state index in [1.165, 1.54) is 6.07 Å². The van der Waals surface area contributed by atoms with Crippen LogP contribution >= 0.6 is 0 Å². The fourth-order valence-electron chi connectivity index (χ4n) is 2.43. The molecule has 0 amide bonds. The lowest BCUT2D eigenvalue weighted by Crippen LogP contribution is -2.25. The summed E-state index contributed by atoms with van der Waals surface area (Å²) in [5, 5.41) is 3.22. The van der Waals surface area contributed by atoms with Crippen LogP contribution in [0, 0.1) is 18.6 Å². The lowest BCUT2D eigenvalue weighted by Gasteiger charge is -2.16. The van der Waals surface area contributed by atoms with E-state index in [-0.39, 0.29) is 5.69 Å². The molecule has 5 heteroatoms. The number of aryl methyl sites for hydroxylation is 1. The van der Waals surface area contributed by atoms with Crippen LogP contribution in [0.2, 0.25) is 0 Å². The van der Waals surface area contributed by atoms with Crippen molar-refractivity contribution in [2.24, 2.45) is 0 Å². The summed E-state index contributed by atoms with van der Waals surface area (Å²) in [6.45, 7) is 3.32. The second-order valence-electron chi connectivity index (χ2n) is 4.39. The number of nitrogens with one attached hydrogen (secondary N) is 1. The first-order valence-electron chi connectivity index (χ1n) is 5.90. The van der Waals surface area contributed by atoms with Crippen LogP contribution in [-0.4, -0.2) is 16.1 Å². The third kappa shape index (κ3) is 1.62. The van der Waals surface area contributed by atoms with Crippen molar-refractivity contribution in [3.63, 3.8) is 0 Å². The highest BCUT2D eigenvalue weighted by Gasteiger charge is 2.21. The maximum absolute atomic E-state index is 13.9. The van der Waals surface area contributed by atoms with Gasteiger partial charge in [0.15, 0.2) is 11.6 Å². The standard InChI is InChI=1S/C13H13F2N3/c1-8-17-10-7-16-6-5-11(10)18(8)12-4-2-3-9(14)13(12)15/h2-4,16H,5-7H2,1H3. The zero-order chi connectivity index (χ0) is 12.7. The zero-order valence-corrected chi connectivity index (χ0v) is 10.0. The summed E-state index contributed by atoms with van der Waals surface area (Å²) in [6.07, 6.45) is 0.770. The lowest BCUT2D eigenvalue weighted by molar-refractivity contribution is 0.502. The lowest BCUT2D eigenvalue weighted by atomic mass is 10.1. The summed E-state index contributed by atoms with van der Waals surface area (Å²) in [4.78, 5) is 4.41. The Balaban J connectivity index is 2.23. The Morgan fingerprint density at radius 3 is 3.00 bits per heavy atom. The Hall–Kier alpha value is -1.75. The van der Waals surface area contributed by atoms with Gasteiger partial charge in [0.05, 0.1) is 11.4 Å². The van der Waals surface area contributed by atoms with Gasteiger partial charge in [0.2, 0.25) is 0 Å². The van der Waals surface area contributed by atoms with Crippen molar-refractivity contribution in [3.05, 3.63) is 47.0 Å². The molecule has 0 spiro atoms. The highest BCUT2D eigenvalue weighted by Crippen LogP contribution is 2.24. The number of nitrogens with zero attached hydrogens (tertiary/aromatic N) is 2. The van der Waals surface area contributed by atoms with E-state index in [2.05, 4.69) is 10.3 Å². The molecule has 2 heterocycles. The molecular formula is C13H13F2N3. The molecule has 1 aromatic heterocycles. The average Bonchev–Trinajstić information content (AvgIpc) is 2.69. The number of imidazole rings is 1. The first-order chi connectivity index (χ1) is 8.68. The van der Waals surface area contributed by atoms with Crippen LogP contribution in [0.25, 0.3) is 5.69 Å². The highest BCUT2D eigenvalue weighted by molar-refractivity contribution is 5.40. The second-order valence-corrected chi connectivity index (χ2v) is 4.39. The number of halogens is 2. The quantitative estimate of drug-likeness (QED) is 0.838. The maximum Gasteiger partial charge on any atom is 0.182 e. The monoisotopic (exact) mass is 249 g/mol. The number of benzene rings is 1. The van der Waals surface area contributed by atoms with Gasteiger partial charge < -0.3 is 5.32 Å². The largest absolute Gasteiger partial charge is 0.311 e. The summed E-state index contributed by atoms with van der Waals surface area (Å²) in [5.41, 5.74) is 2.13. The van der Waals surface area contributed by atoms with E-state index in [1.807, 2.05) is 6.92 Å². The van der Waals surface area contributed by atoms with Crippen LogP contribution in [0.1, 0.15) is 17.2 Å². The van der Waals surface area contributed by atoms with Crippen molar-refractivity contribution in [2.45, 2.75) is 19.9 Å². The molecular weight excluding hydrogens is 236 g/mol. The maximum atomic E-state index is 13.9. The van der Waals surface area contributed by atoms with E-state index in [0.717, 1.165) is 30.4 Å². The minimum Gasteiger partial charge on any atom is -0.311 e. The topological polar surface area (TPSA) is 29.9 Å². The van der Waals surface area contributed by atoms with Gasteiger partial charge in [-0.2, -0.15) is 0 Å². The van der Waals surface area contributed by atoms with Crippen LogP contribution in [0.5, 0.6) is 0 Å². The third-order valence-corrected chi connectivity index (χ3v) is 3.23. The molecule has 1 N–H and O–H groups in total. The van der Waals surface area contributed by atoms with Crippen molar-refractivity contribution in [3.8, 4) is 5.69 Å². The molecule has 0 radical (unpaired) electrons. The predicted octanol–water partition coefficient (Wildman–Crippen LogP) is 2.10. The van der Waals surface area contributed by atoms with E-state index >= 15 is 0 Å². The van der Waals surface area contributed by atoms with Gasteiger partial charge in [-0.05, 0) is 19.1 Å². The van der Waals surface area contributed by atoms with Gasteiger partial charge in [-0.3, -0.25) is 4.57 Å². The fraction of sp³-hybridized carbons (Fsp3) is 0.308. The molecule has 0 saturated heterocycles. The summed E-state index contributed by atoms with van der Waals surface area (Å²) in [6, 6.07) is 4.22. The summed E-state index contributed by atoms with van der Waals surface area (Å²) in [7, 11) is 0. The smallest absolute Gasteiger partial charge is 0.182 e. The van der Waals surface area contributed by atoms with Crippen LogP contribution in [0.3, 0.4) is 0 Å². The molecule has 0 bridgehead atoms. The van der Waals surface area contributed by atoms with E-state index in [1.54, 1.807) is 10.6 Å². The summed E-state index contributed by atoms with van der Waals surface area (Å²) < 4.78 is 28.9. The van der Waals surface area contributed by atoms with Crippen LogP contribution in [-0.2, 0) is 13.0 Å². The SMILES string of the molecule is Cc1nc2c(n1-c1cccc(F)c1F)CCNC2. The zero-order valence-electron chi connectivity index (χ0n) is 10.0. The van der Waals surface area contributed by atoms with Gasteiger partial charge in [-0.15, -0.1) is 0 Å². The molecule has 0 unspecified atom stereocenters. The first kappa shape index (κ1) is 11.3. The third-order valence-electron chi connectivity index (χ3n) is 3.23. The number of hydrogen-bond acceptors (Lipinski definition) is 2. The van der Waals surface area contributed by atoms with Crippen molar-refractivity contribution >= 4 is 0 Å². The predicted molar refractivity (Wildman–Crippen MR) is 63.6 cm³/mol. The van der Waals surface area contributed by atoms with E-state index in [9.17, 15) is 8.78 Å². The van der Waals surface area contributed by atoms with Crippen molar-refractivity contribution in [2.75, 3.05) is 6.54 Å². The van der Waals surface area contributed by atoms with Crippen molar-refractivity contribution < 1.29 is 8.78 Å². The Kier molecular flexibility index (Phi) is 2.63. The molecule has 0 aliphatic carbocycles. The molecule has 0 fully saturated rings. The number of aromatic nitrogens is 2.